The second-order valence-electron chi connectivity index (χ2n) is 6.18. The number of carbonyl (C=O) groups excluding carboxylic acids is 1. The Morgan fingerprint density at radius 1 is 1.08 bits per heavy atom. The molecular formula is C21H19N3O2. The summed E-state index contributed by atoms with van der Waals surface area (Å²) >= 11 is 0. The van der Waals surface area contributed by atoms with Crippen molar-refractivity contribution in [2.45, 2.75) is 13.1 Å². The van der Waals surface area contributed by atoms with Gasteiger partial charge in [0.25, 0.3) is 5.91 Å². The van der Waals surface area contributed by atoms with Crippen LogP contribution in [0.1, 0.15) is 17.0 Å². The molecule has 4 rings (SSSR count). The number of imidazole rings is 1. The van der Waals surface area contributed by atoms with Gasteiger partial charge in [-0.25, -0.2) is 4.98 Å². The molecule has 0 saturated carbocycles. The van der Waals surface area contributed by atoms with Crippen molar-refractivity contribution < 1.29 is 9.53 Å². The van der Waals surface area contributed by atoms with Crippen LogP contribution in [0.25, 0.3) is 6.08 Å². The fourth-order valence-electron chi connectivity index (χ4n) is 3.01. The highest BCUT2D eigenvalue weighted by atomic mass is 16.5. The lowest BCUT2D eigenvalue weighted by Gasteiger charge is -2.25. The number of H-pyrrole nitrogens is 1. The van der Waals surface area contributed by atoms with Gasteiger partial charge in [0.2, 0.25) is 0 Å². The summed E-state index contributed by atoms with van der Waals surface area (Å²) in [6, 6.07) is 17.7. The average Bonchev–Trinajstić information content (AvgIpc) is 3.20. The lowest BCUT2D eigenvalue weighted by molar-refractivity contribution is -0.128. The number of hydrogen-bond acceptors (Lipinski definition) is 3. The van der Waals surface area contributed by atoms with Crippen LogP contribution >= 0.6 is 0 Å². The number of aromatic amines is 1. The van der Waals surface area contributed by atoms with Crippen molar-refractivity contribution in [3.05, 3.63) is 89.5 Å². The monoisotopic (exact) mass is 345 g/mol. The van der Waals surface area contributed by atoms with Crippen molar-refractivity contribution in [2.75, 3.05) is 6.61 Å². The topological polar surface area (TPSA) is 58.2 Å². The number of nitrogens with one attached hydrogen (secondary N) is 1. The molecule has 130 valence electrons. The SMILES string of the molecule is O=C(C1=Cc2ccccc2OC1)N(Cc1ccccc1)Cc1ncc[nH]1. The van der Waals surface area contributed by atoms with Crippen molar-refractivity contribution in [1.29, 1.82) is 0 Å². The van der Waals surface area contributed by atoms with Gasteiger partial charge in [0.15, 0.2) is 0 Å². The maximum atomic E-state index is 13.2. The molecule has 0 aliphatic carbocycles. The van der Waals surface area contributed by atoms with Gasteiger partial charge in [0, 0.05) is 24.5 Å². The van der Waals surface area contributed by atoms with E-state index in [1.165, 1.54) is 0 Å². The number of carbonyl (C=O) groups is 1. The summed E-state index contributed by atoms with van der Waals surface area (Å²) in [6.45, 7) is 1.21. The normalized spacial score (nSPS) is 12.7. The first-order valence-electron chi connectivity index (χ1n) is 8.53. The van der Waals surface area contributed by atoms with Gasteiger partial charge in [-0.15, -0.1) is 0 Å². The van der Waals surface area contributed by atoms with E-state index in [9.17, 15) is 4.79 Å². The van der Waals surface area contributed by atoms with Crippen LogP contribution in [-0.2, 0) is 17.9 Å². The van der Waals surface area contributed by atoms with Gasteiger partial charge < -0.3 is 14.6 Å². The number of amides is 1. The maximum Gasteiger partial charge on any atom is 0.253 e. The van der Waals surface area contributed by atoms with Crippen LogP contribution in [0.5, 0.6) is 5.75 Å². The summed E-state index contributed by atoms with van der Waals surface area (Å²) in [4.78, 5) is 22.3. The van der Waals surface area contributed by atoms with Crippen LogP contribution in [0.2, 0.25) is 0 Å². The van der Waals surface area contributed by atoms with Crippen LogP contribution < -0.4 is 4.74 Å². The van der Waals surface area contributed by atoms with Gasteiger partial charge >= 0.3 is 0 Å². The number of nitrogens with zero attached hydrogens (tertiary/aromatic N) is 2. The van der Waals surface area contributed by atoms with Crippen LogP contribution in [0.15, 0.2) is 72.6 Å². The van der Waals surface area contributed by atoms with E-state index in [4.69, 9.17) is 4.74 Å². The molecule has 0 unspecified atom stereocenters. The molecule has 0 radical (unpaired) electrons. The van der Waals surface area contributed by atoms with E-state index >= 15 is 0 Å². The van der Waals surface area contributed by atoms with Gasteiger partial charge in [-0.1, -0.05) is 48.5 Å². The van der Waals surface area contributed by atoms with Gasteiger partial charge in [-0.05, 0) is 17.7 Å². The molecule has 1 aliphatic rings. The van der Waals surface area contributed by atoms with E-state index in [0.29, 0.717) is 18.7 Å². The first-order valence-corrected chi connectivity index (χ1v) is 8.53. The molecule has 3 aromatic rings. The molecule has 26 heavy (non-hydrogen) atoms. The van der Waals surface area contributed by atoms with Crippen LogP contribution in [0, 0.1) is 0 Å². The molecule has 1 amide bonds. The number of ether oxygens (including phenoxy) is 1. The molecule has 1 aromatic heterocycles. The smallest absolute Gasteiger partial charge is 0.253 e. The van der Waals surface area contributed by atoms with Crippen LogP contribution in [-0.4, -0.2) is 27.4 Å². The van der Waals surface area contributed by atoms with E-state index in [1.54, 1.807) is 17.3 Å². The highest BCUT2D eigenvalue weighted by Gasteiger charge is 2.23. The molecule has 1 N–H and O–H groups in total. The van der Waals surface area contributed by atoms with E-state index < -0.39 is 0 Å². The molecule has 0 fully saturated rings. The van der Waals surface area contributed by atoms with E-state index in [0.717, 1.165) is 22.7 Å². The molecule has 0 bridgehead atoms. The minimum atomic E-state index is -0.0419. The largest absolute Gasteiger partial charge is 0.488 e. The molecule has 2 aromatic carbocycles. The standard InChI is InChI=1S/C21H19N3O2/c25-21(18-12-17-8-4-5-9-19(17)26-15-18)24(14-20-22-10-11-23-20)13-16-6-2-1-3-7-16/h1-12H,13-15H2,(H,22,23). The fourth-order valence-corrected chi connectivity index (χ4v) is 3.01. The predicted octanol–water partition coefficient (Wildman–Crippen LogP) is 3.41. The zero-order chi connectivity index (χ0) is 17.8. The van der Waals surface area contributed by atoms with Gasteiger partial charge in [0.1, 0.15) is 18.2 Å². The van der Waals surface area contributed by atoms with Gasteiger partial charge in [-0.2, -0.15) is 0 Å². The predicted molar refractivity (Wildman–Crippen MR) is 99.2 cm³/mol. The minimum Gasteiger partial charge on any atom is -0.488 e. The molecule has 2 heterocycles. The van der Waals surface area contributed by atoms with E-state index in [-0.39, 0.29) is 12.5 Å². The number of aromatic nitrogens is 2. The third-order valence-corrected chi connectivity index (χ3v) is 4.31. The number of rotatable bonds is 5. The Morgan fingerprint density at radius 2 is 1.88 bits per heavy atom. The Bertz CT molecular complexity index is 917. The summed E-state index contributed by atoms with van der Waals surface area (Å²) in [7, 11) is 0. The molecule has 0 atom stereocenters. The highest BCUT2D eigenvalue weighted by molar-refractivity contribution is 5.99. The lowest BCUT2D eigenvalue weighted by atomic mass is 10.1. The zero-order valence-electron chi connectivity index (χ0n) is 14.3. The first kappa shape index (κ1) is 16.1. The number of para-hydroxylation sites is 1. The molecule has 0 spiro atoms. The molecule has 1 aliphatic heterocycles. The van der Waals surface area contributed by atoms with Crippen LogP contribution in [0.3, 0.4) is 0 Å². The van der Waals surface area contributed by atoms with Crippen molar-refractivity contribution >= 4 is 12.0 Å². The second kappa shape index (κ2) is 7.27. The quantitative estimate of drug-likeness (QED) is 0.771. The summed E-state index contributed by atoms with van der Waals surface area (Å²) in [6.07, 6.45) is 5.38. The maximum absolute atomic E-state index is 13.2. The zero-order valence-corrected chi connectivity index (χ0v) is 14.3. The Hall–Kier alpha value is -3.34. The van der Waals surface area contributed by atoms with E-state index in [1.807, 2.05) is 60.7 Å². The third-order valence-electron chi connectivity index (χ3n) is 4.31. The Balaban J connectivity index is 1.60. The first-order chi connectivity index (χ1) is 12.8. The average molecular weight is 345 g/mol. The van der Waals surface area contributed by atoms with Crippen molar-refractivity contribution in [3.63, 3.8) is 0 Å². The summed E-state index contributed by atoms with van der Waals surface area (Å²) in [5, 5.41) is 0. The van der Waals surface area contributed by atoms with E-state index in [2.05, 4.69) is 9.97 Å². The van der Waals surface area contributed by atoms with Gasteiger partial charge in [-0.3, -0.25) is 4.79 Å². The summed E-state index contributed by atoms with van der Waals surface area (Å²) in [5.41, 5.74) is 2.65. The Labute approximate surface area is 152 Å². The van der Waals surface area contributed by atoms with Crippen molar-refractivity contribution in [3.8, 4) is 5.75 Å². The molecular weight excluding hydrogens is 326 g/mol. The third kappa shape index (κ3) is 3.52. The van der Waals surface area contributed by atoms with Crippen molar-refractivity contribution in [1.82, 2.24) is 14.9 Å². The molecule has 0 saturated heterocycles. The fraction of sp³-hybridized carbons (Fsp3) is 0.143. The minimum absolute atomic E-state index is 0.0419. The van der Waals surface area contributed by atoms with Crippen molar-refractivity contribution in [2.24, 2.45) is 0 Å². The lowest BCUT2D eigenvalue weighted by Crippen LogP contribution is -2.34. The molecule has 5 heteroatoms. The summed E-state index contributed by atoms with van der Waals surface area (Å²) < 4.78 is 5.75. The number of benzene rings is 2. The molecule has 5 nitrogen and oxygen atoms in total. The Morgan fingerprint density at radius 3 is 2.69 bits per heavy atom. The summed E-state index contributed by atoms with van der Waals surface area (Å²) in [5.74, 6) is 1.52. The number of fused-ring (bicyclic) bond motifs is 1. The van der Waals surface area contributed by atoms with Crippen LogP contribution in [0.4, 0.5) is 0 Å². The Kier molecular flexibility index (Phi) is 4.51. The van der Waals surface area contributed by atoms with Gasteiger partial charge in [0.05, 0.1) is 12.1 Å². The second-order valence-corrected chi connectivity index (χ2v) is 6.18. The number of hydrogen-bond donors (Lipinski definition) is 1. The highest BCUT2D eigenvalue weighted by Crippen LogP contribution is 2.27.